The van der Waals surface area contributed by atoms with E-state index in [1.807, 2.05) is 6.92 Å². The molecule has 1 aromatic carbocycles. The fourth-order valence-electron chi connectivity index (χ4n) is 1.11. The van der Waals surface area contributed by atoms with E-state index in [0.717, 1.165) is 5.56 Å². The Morgan fingerprint density at radius 1 is 1.50 bits per heavy atom. The number of halogens is 1. The number of aryl methyl sites for hydroxylation is 1. The number of hydrogen-bond donors (Lipinski definition) is 1. The second-order valence-electron chi connectivity index (χ2n) is 2.93. The summed E-state index contributed by atoms with van der Waals surface area (Å²) in [6, 6.07) is 4.70. The summed E-state index contributed by atoms with van der Waals surface area (Å²) < 4.78 is 12.8. The molecular weight excluding hydrogens is 155 g/mol. The summed E-state index contributed by atoms with van der Waals surface area (Å²) in [6.07, 6.45) is 0.190. The third kappa shape index (κ3) is 1.83. The lowest BCUT2D eigenvalue weighted by molar-refractivity contribution is 0.173. The third-order valence-electron chi connectivity index (χ3n) is 1.95. The maximum atomic E-state index is 12.8. The summed E-state index contributed by atoms with van der Waals surface area (Å²) in [7, 11) is 0. The lowest BCUT2D eigenvalue weighted by Crippen LogP contribution is -1.96. The van der Waals surface area contributed by atoms with Crippen molar-refractivity contribution < 1.29 is 9.50 Å². The van der Waals surface area contributed by atoms with Gasteiger partial charge in [0.2, 0.25) is 0 Å². The molecule has 0 radical (unpaired) electrons. The topological polar surface area (TPSA) is 20.2 Å². The van der Waals surface area contributed by atoms with Gasteiger partial charge in [-0.1, -0.05) is 19.1 Å². The molecule has 0 bridgehead atoms. The molecule has 0 aliphatic carbocycles. The summed E-state index contributed by atoms with van der Waals surface area (Å²) in [4.78, 5) is 0. The monoisotopic (exact) mass is 168 g/mol. The molecular formula is C10H13FO. The second-order valence-corrected chi connectivity index (χ2v) is 2.93. The predicted octanol–water partition coefficient (Wildman–Crippen LogP) is 2.58. The van der Waals surface area contributed by atoms with Crippen LogP contribution in [0.15, 0.2) is 18.2 Å². The van der Waals surface area contributed by atoms with E-state index in [2.05, 4.69) is 0 Å². The molecule has 0 unspecified atom stereocenters. The van der Waals surface area contributed by atoms with Gasteiger partial charge in [0.15, 0.2) is 0 Å². The molecule has 0 amide bonds. The second kappa shape index (κ2) is 3.68. The van der Waals surface area contributed by atoms with Gasteiger partial charge < -0.3 is 5.11 Å². The molecule has 0 saturated heterocycles. The standard InChI is InChI=1S/C10H13FO/c1-3-10(12)8-4-5-9(11)7(2)6-8/h4-6,10,12H,3H2,1-2H3/t10-/m0/s1. The first-order valence-corrected chi connectivity index (χ1v) is 4.09. The molecule has 1 rings (SSSR count). The maximum Gasteiger partial charge on any atom is 0.126 e. The van der Waals surface area contributed by atoms with E-state index < -0.39 is 6.10 Å². The zero-order valence-electron chi connectivity index (χ0n) is 7.34. The van der Waals surface area contributed by atoms with Crippen LogP contribution in [0.2, 0.25) is 0 Å². The molecule has 1 aromatic rings. The van der Waals surface area contributed by atoms with Crippen molar-refractivity contribution in [1.82, 2.24) is 0 Å². The van der Waals surface area contributed by atoms with E-state index in [9.17, 15) is 9.50 Å². The van der Waals surface area contributed by atoms with Crippen LogP contribution in [0.25, 0.3) is 0 Å². The highest BCUT2D eigenvalue weighted by Crippen LogP contribution is 2.18. The number of benzene rings is 1. The summed E-state index contributed by atoms with van der Waals surface area (Å²) in [6.45, 7) is 3.59. The first kappa shape index (κ1) is 9.20. The van der Waals surface area contributed by atoms with Crippen molar-refractivity contribution in [3.8, 4) is 0 Å². The van der Waals surface area contributed by atoms with E-state index in [-0.39, 0.29) is 5.82 Å². The number of hydrogen-bond acceptors (Lipinski definition) is 1. The van der Waals surface area contributed by atoms with E-state index >= 15 is 0 Å². The van der Waals surface area contributed by atoms with Crippen LogP contribution in [0, 0.1) is 12.7 Å². The van der Waals surface area contributed by atoms with Crippen molar-refractivity contribution in [3.05, 3.63) is 35.1 Å². The number of rotatable bonds is 2. The van der Waals surface area contributed by atoms with Crippen LogP contribution in [0.1, 0.15) is 30.6 Å². The molecule has 0 aliphatic rings. The summed E-state index contributed by atoms with van der Waals surface area (Å²) in [5.74, 6) is -0.220. The molecule has 66 valence electrons. The lowest BCUT2D eigenvalue weighted by atomic mass is 10.0. The molecule has 12 heavy (non-hydrogen) atoms. The average molecular weight is 168 g/mol. The lowest BCUT2D eigenvalue weighted by Gasteiger charge is -2.08. The van der Waals surface area contributed by atoms with Gasteiger partial charge in [0.25, 0.3) is 0 Å². The van der Waals surface area contributed by atoms with Crippen LogP contribution in [-0.2, 0) is 0 Å². The van der Waals surface area contributed by atoms with Crippen molar-refractivity contribution >= 4 is 0 Å². The van der Waals surface area contributed by atoms with Crippen LogP contribution in [0.3, 0.4) is 0 Å². The Balaban J connectivity index is 2.96. The van der Waals surface area contributed by atoms with Gasteiger partial charge in [-0.25, -0.2) is 4.39 Å². The minimum absolute atomic E-state index is 0.220. The van der Waals surface area contributed by atoms with Gasteiger partial charge in [0.1, 0.15) is 5.82 Å². The Bertz CT molecular complexity index is 271. The van der Waals surface area contributed by atoms with Crippen LogP contribution in [0.5, 0.6) is 0 Å². The van der Waals surface area contributed by atoms with Crippen molar-refractivity contribution in [2.45, 2.75) is 26.4 Å². The molecule has 1 atom stereocenters. The van der Waals surface area contributed by atoms with E-state index in [4.69, 9.17) is 0 Å². The zero-order valence-corrected chi connectivity index (χ0v) is 7.34. The van der Waals surface area contributed by atoms with E-state index in [1.54, 1.807) is 19.1 Å². The van der Waals surface area contributed by atoms with Crippen molar-refractivity contribution in [2.75, 3.05) is 0 Å². The van der Waals surface area contributed by atoms with Gasteiger partial charge in [-0.2, -0.15) is 0 Å². The van der Waals surface area contributed by atoms with Crippen LogP contribution >= 0.6 is 0 Å². The normalized spacial score (nSPS) is 13.0. The highest BCUT2D eigenvalue weighted by Gasteiger charge is 2.05. The van der Waals surface area contributed by atoms with Gasteiger partial charge in [-0.05, 0) is 30.5 Å². The Morgan fingerprint density at radius 2 is 2.17 bits per heavy atom. The van der Waals surface area contributed by atoms with E-state index in [1.165, 1.54) is 6.07 Å². The van der Waals surface area contributed by atoms with Crippen LogP contribution in [-0.4, -0.2) is 5.11 Å². The molecule has 0 aliphatic heterocycles. The van der Waals surface area contributed by atoms with Gasteiger partial charge in [-0.3, -0.25) is 0 Å². The van der Waals surface area contributed by atoms with Crippen molar-refractivity contribution in [2.24, 2.45) is 0 Å². The van der Waals surface area contributed by atoms with Crippen molar-refractivity contribution in [1.29, 1.82) is 0 Å². The first-order chi connectivity index (χ1) is 5.65. The SMILES string of the molecule is CC[C@H](O)c1ccc(F)c(C)c1. The van der Waals surface area contributed by atoms with Crippen LogP contribution < -0.4 is 0 Å². The molecule has 1 N–H and O–H groups in total. The quantitative estimate of drug-likeness (QED) is 0.719. The largest absolute Gasteiger partial charge is 0.388 e. The molecule has 0 aromatic heterocycles. The van der Waals surface area contributed by atoms with Gasteiger partial charge in [-0.15, -0.1) is 0 Å². The summed E-state index contributed by atoms with van der Waals surface area (Å²) >= 11 is 0. The minimum atomic E-state index is -0.468. The summed E-state index contributed by atoms with van der Waals surface area (Å²) in [5, 5.41) is 9.42. The minimum Gasteiger partial charge on any atom is -0.388 e. The molecule has 0 saturated carbocycles. The highest BCUT2D eigenvalue weighted by atomic mass is 19.1. The first-order valence-electron chi connectivity index (χ1n) is 4.09. The molecule has 0 heterocycles. The van der Waals surface area contributed by atoms with Gasteiger partial charge >= 0.3 is 0 Å². The van der Waals surface area contributed by atoms with E-state index in [0.29, 0.717) is 12.0 Å². The third-order valence-corrected chi connectivity index (χ3v) is 1.95. The Morgan fingerprint density at radius 3 is 2.67 bits per heavy atom. The number of aliphatic hydroxyl groups excluding tert-OH is 1. The zero-order chi connectivity index (χ0) is 9.14. The predicted molar refractivity (Wildman–Crippen MR) is 46.4 cm³/mol. The molecule has 0 fully saturated rings. The van der Waals surface area contributed by atoms with Crippen LogP contribution in [0.4, 0.5) is 4.39 Å². The fourth-order valence-corrected chi connectivity index (χ4v) is 1.11. The number of aliphatic hydroxyl groups is 1. The Labute approximate surface area is 71.9 Å². The Kier molecular flexibility index (Phi) is 2.82. The fraction of sp³-hybridized carbons (Fsp3) is 0.400. The average Bonchev–Trinajstić information content (AvgIpc) is 2.08. The molecule has 2 heteroatoms. The highest BCUT2D eigenvalue weighted by molar-refractivity contribution is 5.25. The molecule has 0 spiro atoms. The smallest absolute Gasteiger partial charge is 0.126 e. The van der Waals surface area contributed by atoms with Gasteiger partial charge in [0.05, 0.1) is 6.10 Å². The van der Waals surface area contributed by atoms with Gasteiger partial charge in [0, 0.05) is 0 Å². The molecule has 1 nitrogen and oxygen atoms in total. The maximum absolute atomic E-state index is 12.8. The summed E-state index contributed by atoms with van der Waals surface area (Å²) in [5.41, 5.74) is 1.37. The van der Waals surface area contributed by atoms with Crippen molar-refractivity contribution in [3.63, 3.8) is 0 Å². The Hall–Kier alpha value is -0.890.